The van der Waals surface area contributed by atoms with Crippen LogP contribution in [-0.2, 0) is 5.75 Å². The topological polar surface area (TPSA) is 38.9 Å². The summed E-state index contributed by atoms with van der Waals surface area (Å²) in [5.41, 5.74) is 8.60. The predicted octanol–water partition coefficient (Wildman–Crippen LogP) is 4.45. The first-order valence-electron chi connectivity index (χ1n) is 6.73. The van der Waals surface area contributed by atoms with E-state index < -0.39 is 0 Å². The maximum Gasteiger partial charge on any atom is 0.0466 e. The smallest absolute Gasteiger partial charge is 0.0466 e. The van der Waals surface area contributed by atoms with Gasteiger partial charge in [-0.05, 0) is 29.7 Å². The maximum atomic E-state index is 6.27. The molecule has 106 valence electrons. The first-order chi connectivity index (χ1) is 9.72. The van der Waals surface area contributed by atoms with Crippen LogP contribution < -0.4 is 5.73 Å². The lowest BCUT2D eigenvalue weighted by Gasteiger charge is -2.22. The zero-order valence-corrected chi connectivity index (χ0v) is 13.1. The molecule has 2 nitrogen and oxygen atoms in total. The zero-order valence-electron chi connectivity index (χ0n) is 11.5. The molecule has 0 aliphatic heterocycles. The molecule has 2 unspecified atom stereocenters. The van der Waals surface area contributed by atoms with Crippen LogP contribution in [-0.4, -0.2) is 11.0 Å². The zero-order chi connectivity index (χ0) is 14.4. The average Bonchev–Trinajstić information content (AvgIpc) is 2.50. The monoisotopic (exact) mass is 306 g/mol. The van der Waals surface area contributed by atoms with Gasteiger partial charge in [0.05, 0.1) is 0 Å². The van der Waals surface area contributed by atoms with Crippen molar-refractivity contribution in [3.8, 4) is 0 Å². The molecular weight excluding hydrogens is 288 g/mol. The standard InChI is InChI=1S/C16H19ClN2S/c1-2-15(18)16(12-7-5-9-19-10-12)20-11-13-6-3-4-8-14(13)17/h3-10,15-16H,2,11,18H2,1H3. The van der Waals surface area contributed by atoms with E-state index in [1.54, 1.807) is 6.20 Å². The maximum absolute atomic E-state index is 6.27. The summed E-state index contributed by atoms with van der Waals surface area (Å²) >= 11 is 8.04. The molecule has 2 rings (SSSR count). The van der Waals surface area contributed by atoms with E-state index >= 15 is 0 Å². The van der Waals surface area contributed by atoms with Crippen LogP contribution in [0.4, 0.5) is 0 Å². The molecule has 0 saturated carbocycles. The van der Waals surface area contributed by atoms with Crippen LogP contribution in [0.25, 0.3) is 0 Å². The second kappa shape index (κ2) is 7.67. The van der Waals surface area contributed by atoms with Gasteiger partial charge in [0, 0.05) is 34.5 Å². The van der Waals surface area contributed by atoms with Gasteiger partial charge in [0.2, 0.25) is 0 Å². The van der Waals surface area contributed by atoms with Crippen molar-refractivity contribution in [2.24, 2.45) is 5.73 Å². The highest BCUT2D eigenvalue weighted by Gasteiger charge is 2.19. The van der Waals surface area contributed by atoms with Crippen molar-refractivity contribution in [2.45, 2.75) is 30.4 Å². The fourth-order valence-corrected chi connectivity index (χ4v) is 3.68. The van der Waals surface area contributed by atoms with Gasteiger partial charge in [0.1, 0.15) is 0 Å². The van der Waals surface area contributed by atoms with Crippen LogP contribution in [0.3, 0.4) is 0 Å². The van der Waals surface area contributed by atoms with Crippen molar-refractivity contribution in [1.82, 2.24) is 4.98 Å². The number of thioether (sulfide) groups is 1. The summed E-state index contributed by atoms with van der Waals surface area (Å²) in [5, 5.41) is 1.06. The fourth-order valence-electron chi connectivity index (χ4n) is 2.02. The molecule has 0 aliphatic carbocycles. The molecule has 0 aliphatic rings. The van der Waals surface area contributed by atoms with Gasteiger partial charge >= 0.3 is 0 Å². The molecule has 0 radical (unpaired) electrons. The number of halogens is 1. The molecule has 2 atom stereocenters. The van der Waals surface area contributed by atoms with Crippen molar-refractivity contribution >= 4 is 23.4 Å². The van der Waals surface area contributed by atoms with E-state index in [0.29, 0.717) is 0 Å². The first-order valence-corrected chi connectivity index (χ1v) is 8.15. The lowest BCUT2D eigenvalue weighted by molar-refractivity contribution is 0.633. The lowest BCUT2D eigenvalue weighted by Crippen LogP contribution is -2.25. The van der Waals surface area contributed by atoms with Gasteiger partial charge in [0.15, 0.2) is 0 Å². The van der Waals surface area contributed by atoms with Gasteiger partial charge in [-0.2, -0.15) is 0 Å². The summed E-state index contributed by atoms with van der Waals surface area (Å²) in [5.74, 6) is 0.854. The Bertz CT molecular complexity index is 533. The van der Waals surface area contributed by atoms with Crippen molar-refractivity contribution in [3.63, 3.8) is 0 Å². The fraction of sp³-hybridized carbons (Fsp3) is 0.312. The van der Waals surface area contributed by atoms with Gasteiger partial charge in [-0.15, -0.1) is 11.8 Å². The third-order valence-electron chi connectivity index (χ3n) is 3.25. The number of rotatable bonds is 6. The van der Waals surface area contributed by atoms with Crippen LogP contribution in [0.2, 0.25) is 5.02 Å². The van der Waals surface area contributed by atoms with E-state index in [0.717, 1.165) is 22.8 Å². The van der Waals surface area contributed by atoms with Crippen molar-refractivity contribution in [3.05, 3.63) is 64.9 Å². The number of hydrogen-bond acceptors (Lipinski definition) is 3. The summed E-state index contributed by atoms with van der Waals surface area (Å²) in [6.07, 6.45) is 4.63. The van der Waals surface area contributed by atoms with Crippen molar-refractivity contribution in [2.75, 3.05) is 0 Å². The van der Waals surface area contributed by atoms with E-state index in [9.17, 15) is 0 Å². The highest BCUT2D eigenvalue weighted by atomic mass is 35.5. The Morgan fingerprint density at radius 1 is 1.25 bits per heavy atom. The van der Waals surface area contributed by atoms with Crippen LogP contribution in [0.5, 0.6) is 0 Å². The summed E-state index contributed by atoms with van der Waals surface area (Å²) < 4.78 is 0. The number of hydrogen-bond donors (Lipinski definition) is 1. The quantitative estimate of drug-likeness (QED) is 0.857. The van der Waals surface area contributed by atoms with Crippen molar-refractivity contribution < 1.29 is 0 Å². The molecule has 2 N–H and O–H groups in total. The highest BCUT2D eigenvalue weighted by Crippen LogP contribution is 2.35. The Hall–Kier alpha value is -1.03. The minimum atomic E-state index is 0.117. The minimum Gasteiger partial charge on any atom is -0.326 e. The third kappa shape index (κ3) is 3.98. The number of nitrogens with two attached hydrogens (primary N) is 1. The molecule has 20 heavy (non-hydrogen) atoms. The predicted molar refractivity (Wildman–Crippen MR) is 88.0 cm³/mol. The van der Waals surface area contributed by atoms with Crippen LogP contribution in [0.1, 0.15) is 29.7 Å². The number of nitrogens with zero attached hydrogens (tertiary/aromatic N) is 1. The average molecular weight is 307 g/mol. The number of benzene rings is 1. The van der Waals surface area contributed by atoms with Crippen LogP contribution in [0, 0.1) is 0 Å². The van der Waals surface area contributed by atoms with Crippen molar-refractivity contribution in [1.29, 1.82) is 0 Å². The molecule has 1 aromatic carbocycles. The van der Waals surface area contributed by atoms with E-state index in [2.05, 4.69) is 24.0 Å². The summed E-state index contributed by atoms with van der Waals surface area (Å²) in [7, 11) is 0. The molecular formula is C16H19ClN2S. The van der Waals surface area contributed by atoms with Gasteiger partial charge in [-0.3, -0.25) is 4.98 Å². The summed E-state index contributed by atoms with van der Waals surface area (Å²) in [6.45, 7) is 2.12. The highest BCUT2D eigenvalue weighted by molar-refractivity contribution is 7.98. The summed E-state index contributed by atoms with van der Waals surface area (Å²) in [6, 6.07) is 12.1. The Kier molecular flexibility index (Phi) is 5.89. The Morgan fingerprint density at radius 3 is 2.70 bits per heavy atom. The molecule has 1 heterocycles. The van der Waals surface area contributed by atoms with Gasteiger partial charge < -0.3 is 5.73 Å². The van der Waals surface area contributed by atoms with Crippen LogP contribution in [0.15, 0.2) is 48.8 Å². The van der Waals surface area contributed by atoms with Gasteiger partial charge in [-0.25, -0.2) is 0 Å². The number of pyridine rings is 1. The second-order valence-corrected chi connectivity index (χ2v) is 6.22. The first kappa shape index (κ1) is 15.4. The third-order valence-corrected chi connectivity index (χ3v) is 5.08. The van der Waals surface area contributed by atoms with Gasteiger partial charge in [-0.1, -0.05) is 42.8 Å². The molecule has 0 saturated heterocycles. The van der Waals surface area contributed by atoms with E-state index in [4.69, 9.17) is 17.3 Å². The van der Waals surface area contributed by atoms with Gasteiger partial charge in [0.25, 0.3) is 0 Å². The lowest BCUT2D eigenvalue weighted by atomic mass is 10.1. The Balaban J connectivity index is 2.11. The molecule has 2 aromatic rings. The largest absolute Gasteiger partial charge is 0.326 e. The molecule has 0 bridgehead atoms. The number of aromatic nitrogens is 1. The van der Waals surface area contributed by atoms with Crippen LogP contribution >= 0.6 is 23.4 Å². The van der Waals surface area contributed by atoms with E-state index in [1.807, 2.05) is 42.2 Å². The molecule has 4 heteroatoms. The summed E-state index contributed by atoms with van der Waals surface area (Å²) in [4.78, 5) is 4.20. The van der Waals surface area contributed by atoms with E-state index in [-0.39, 0.29) is 11.3 Å². The molecule has 0 spiro atoms. The van der Waals surface area contributed by atoms with E-state index in [1.165, 1.54) is 5.56 Å². The molecule has 0 fully saturated rings. The minimum absolute atomic E-state index is 0.117. The Labute approximate surface area is 129 Å². The second-order valence-electron chi connectivity index (χ2n) is 4.68. The molecule has 1 aromatic heterocycles. The normalized spacial score (nSPS) is 13.9. The SMILES string of the molecule is CCC(N)C(SCc1ccccc1Cl)c1cccnc1. The molecule has 0 amide bonds. The Morgan fingerprint density at radius 2 is 2.05 bits per heavy atom.